The molecule has 1 aromatic rings. The lowest BCUT2D eigenvalue weighted by molar-refractivity contribution is 0.369. The number of phenols is 1. The zero-order valence-corrected chi connectivity index (χ0v) is 9.88. The summed E-state index contributed by atoms with van der Waals surface area (Å²) in [5.74, 6) is 0.713. The first-order chi connectivity index (χ1) is 6.69. The van der Waals surface area contributed by atoms with Gasteiger partial charge in [0.2, 0.25) is 0 Å². The highest BCUT2D eigenvalue weighted by molar-refractivity contribution is 5.85. The number of aromatic hydroxyl groups is 1. The summed E-state index contributed by atoms with van der Waals surface area (Å²) in [7, 11) is 1.54. The summed E-state index contributed by atoms with van der Waals surface area (Å²) < 4.78 is 5.01. The molecule has 0 aliphatic rings. The maximum Gasteiger partial charge on any atom is 0.160 e. The zero-order chi connectivity index (χ0) is 10.6. The topological polar surface area (TPSA) is 55.5 Å². The van der Waals surface area contributed by atoms with Gasteiger partial charge in [-0.15, -0.1) is 12.4 Å². The van der Waals surface area contributed by atoms with Crippen LogP contribution < -0.4 is 10.5 Å². The van der Waals surface area contributed by atoms with Crippen molar-refractivity contribution in [3.63, 3.8) is 0 Å². The first kappa shape index (κ1) is 14.1. The van der Waals surface area contributed by atoms with Crippen LogP contribution in [-0.2, 0) is 6.42 Å². The van der Waals surface area contributed by atoms with Gasteiger partial charge in [-0.1, -0.05) is 19.1 Å². The van der Waals surface area contributed by atoms with E-state index >= 15 is 0 Å². The fraction of sp³-hybridized carbons (Fsp3) is 0.455. The Hall–Kier alpha value is -0.930. The van der Waals surface area contributed by atoms with E-state index < -0.39 is 0 Å². The molecule has 0 bridgehead atoms. The Labute approximate surface area is 96.7 Å². The van der Waals surface area contributed by atoms with E-state index in [0.29, 0.717) is 12.2 Å². The van der Waals surface area contributed by atoms with Gasteiger partial charge in [0.15, 0.2) is 11.5 Å². The highest BCUT2D eigenvalue weighted by atomic mass is 35.5. The van der Waals surface area contributed by atoms with Crippen LogP contribution >= 0.6 is 12.4 Å². The molecule has 0 amide bonds. The van der Waals surface area contributed by atoms with Crippen LogP contribution in [0.5, 0.6) is 11.5 Å². The number of phenolic OH excluding ortho intramolecular Hbond substituents is 1. The van der Waals surface area contributed by atoms with Crippen molar-refractivity contribution < 1.29 is 9.84 Å². The SMILES string of the molecule is CCC(N)Cc1cccc(OC)c1O.Cl. The Morgan fingerprint density at radius 1 is 1.47 bits per heavy atom. The third-order valence-electron chi connectivity index (χ3n) is 2.31. The van der Waals surface area contributed by atoms with Gasteiger partial charge in [-0.2, -0.15) is 0 Å². The van der Waals surface area contributed by atoms with Crippen molar-refractivity contribution in [1.29, 1.82) is 0 Å². The van der Waals surface area contributed by atoms with Gasteiger partial charge in [0.05, 0.1) is 7.11 Å². The monoisotopic (exact) mass is 231 g/mol. The second-order valence-electron chi connectivity index (χ2n) is 3.34. The average Bonchev–Trinajstić information content (AvgIpc) is 2.21. The molecule has 1 atom stereocenters. The Bertz CT molecular complexity index is 305. The van der Waals surface area contributed by atoms with Crippen molar-refractivity contribution in [2.24, 2.45) is 5.73 Å². The molecule has 4 heteroatoms. The summed E-state index contributed by atoms with van der Waals surface area (Å²) in [5.41, 5.74) is 6.66. The summed E-state index contributed by atoms with van der Waals surface area (Å²) in [4.78, 5) is 0. The van der Waals surface area contributed by atoms with Gasteiger partial charge in [-0.05, 0) is 24.5 Å². The number of halogens is 1. The van der Waals surface area contributed by atoms with E-state index in [2.05, 4.69) is 0 Å². The minimum atomic E-state index is 0. The second-order valence-corrected chi connectivity index (χ2v) is 3.34. The summed E-state index contributed by atoms with van der Waals surface area (Å²) >= 11 is 0. The molecule has 86 valence electrons. The Morgan fingerprint density at radius 3 is 2.67 bits per heavy atom. The van der Waals surface area contributed by atoms with Crippen molar-refractivity contribution in [2.45, 2.75) is 25.8 Å². The normalized spacial score (nSPS) is 11.7. The van der Waals surface area contributed by atoms with E-state index in [9.17, 15) is 5.11 Å². The maximum absolute atomic E-state index is 9.75. The second kappa shape index (κ2) is 6.53. The standard InChI is InChI=1S/C11H17NO2.ClH/c1-3-9(12)7-8-5-4-6-10(14-2)11(8)13;/h4-6,9,13H,3,7,12H2,1-2H3;1H. The van der Waals surface area contributed by atoms with Crippen LogP contribution in [0.25, 0.3) is 0 Å². The number of para-hydroxylation sites is 1. The predicted molar refractivity (Wildman–Crippen MR) is 63.9 cm³/mol. The van der Waals surface area contributed by atoms with Crippen molar-refractivity contribution in [3.05, 3.63) is 23.8 Å². The number of nitrogens with two attached hydrogens (primary N) is 1. The minimum absolute atomic E-state index is 0. The molecule has 0 aliphatic carbocycles. The van der Waals surface area contributed by atoms with Crippen molar-refractivity contribution in [2.75, 3.05) is 7.11 Å². The van der Waals surface area contributed by atoms with Crippen molar-refractivity contribution in [1.82, 2.24) is 0 Å². The number of hydrogen-bond donors (Lipinski definition) is 2. The molecule has 3 nitrogen and oxygen atoms in total. The molecule has 0 aromatic heterocycles. The van der Waals surface area contributed by atoms with E-state index in [1.54, 1.807) is 13.2 Å². The molecular weight excluding hydrogens is 214 g/mol. The summed E-state index contributed by atoms with van der Waals surface area (Å²) in [6.45, 7) is 2.03. The first-order valence-electron chi connectivity index (χ1n) is 4.79. The predicted octanol–water partition coefficient (Wildman–Crippen LogP) is 2.10. The molecule has 0 aliphatic heterocycles. The lowest BCUT2D eigenvalue weighted by atomic mass is 10.0. The molecule has 3 N–H and O–H groups in total. The van der Waals surface area contributed by atoms with Gasteiger partial charge in [0, 0.05) is 6.04 Å². The summed E-state index contributed by atoms with van der Waals surface area (Å²) in [5, 5.41) is 9.75. The summed E-state index contributed by atoms with van der Waals surface area (Å²) in [6, 6.07) is 5.55. The third kappa shape index (κ3) is 3.61. The van der Waals surface area contributed by atoms with Crippen LogP contribution in [0.3, 0.4) is 0 Å². The Kier molecular flexibility index (Phi) is 6.13. The first-order valence-corrected chi connectivity index (χ1v) is 4.79. The molecule has 0 fully saturated rings. The fourth-order valence-corrected chi connectivity index (χ4v) is 1.32. The van der Waals surface area contributed by atoms with Crippen molar-refractivity contribution >= 4 is 12.4 Å². The molecule has 0 saturated heterocycles. The van der Waals surface area contributed by atoms with E-state index in [1.165, 1.54) is 0 Å². The molecule has 0 radical (unpaired) electrons. The molecule has 0 spiro atoms. The number of benzene rings is 1. The smallest absolute Gasteiger partial charge is 0.160 e. The average molecular weight is 232 g/mol. The van der Waals surface area contributed by atoms with Crippen LogP contribution in [0.1, 0.15) is 18.9 Å². The van der Waals surface area contributed by atoms with E-state index in [4.69, 9.17) is 10.5 Å². The van der Waals surface area contributed by atoms with Crippen LogP contribution in [0.4, 0.5) is 0 Å². The van der Waals surface area contributed by atoms with Crippen molar-refractivity contribution in [3.8, 4) is 11.5 Å². The van der Waals surface area contributed by atoms with Gasteiger partial charge in [0.1, 0.15) is 0 Å². The molecule has 1 unspecified atom stereocenters. The molecule has 0 saturated carbocycles. The summed E-state index contributed by atoms with van der Waals surface area (Å²) in [6.07, 6.45) is 1.58. The van der Waals surface area contributed by atoms with Gasteiger partial charge in [0.25, 0.3) is 0 Å². The highest BCUT2D eigenvalue weighted by Gasteiger charge is 2.09. The zero-order valence-electron chi connectivity index (χ0n) is 9.06. The lowest BCUT2D eigenvalue weighted by Crippen LogP contribution is -2.21. The quantitative estimate of drug-likeness (QED) is 0.835. The third-order valence-corrected chi connectivity index (χ3v) is 2.31. The number of hydrogen-bond acceptors (Lipinski definition) is 3. The number of ether oxygens (including phenoxy) is 1. The molecule has 0 heterocycles. The molecule has 1 aromatic carbocycles. The van der Waals surface area contributed by atoms with Gasteiger partial charge >= 0.3 is 0 Å². The Morgan fingerprint density at radius 2 is 2.13 bits per heavy atom. The fourth-order valence-electron chi connectivity index (χ4n) is 1.32. The highest BCUT2D eigenvalue weighted by Crippen LogP contribution is 2.30. The van der Waals surface area contributed by atoms with Crippen LogP contribution in [0.15, 0.2) is 18.2 Å². The van der Waals surface area contributed by atoms with E-state index in [-0.39, 0.29) is 24.2 Å². The molecule has 1 rings (SSSR count). The largest absolute Gasteiger partial charge is 0.504 e. The van der Waals surface area contributed by atoms with Crippen LogP contribution in [-0.4, -0.2) is 18.3 Å². The lowest BCUT2D eigenvalue weighted by Gasteiger charge is -2.12. The minimum Gasteiger partial charge on any atom is -0.504 e. The van der Waals surface area contributed by atoms with Crippen LogP contribution in [0.2, 0.25) is 0 Å². The van der Waals surface area contributed by atoms with E-state index in [1.807, 2.05) is 19.1 Å². The number of methoxy groups -OCH3 is 1. The maximum atomic E-state index is 9.75. The molecule has 15 heavy (non-hydrogen) atoms. The molecular formula is C11H18ClNO2. The van der Waals surface area contributed by atoms with Crippen LogP contribution in [0, 0.1) is 0 Å². The number of rotatable bonds is 4. The van der Waals surface area contributed by atoms with E-state index in [0.717, 1.165) is 12.0 Å². The van der Waals surface area contributed by atoms with Gasteiger partial charge in [-0.3, -0.25) is 0 Å². The Balaban J connectivity index is 0.00000196. The van der Waals surface area contributed by atoms with Gasteiger partial charge in [-0.25, -0.2) is 0 Å². The van der Waals surface area contributed by atoms with Gasteiger partial charge < -0.3 is 15.6 Å².